The Bertz CT molecular complexity index is 1180. The summed E-state index contributed by atoms with van der Waals surface area (Å²) in [5, 5.41) is 10.3. The van der Waals surface area contributed by atoms with Gasteiger partial charge in [-0.15, -0.1) is 0 Å². The van der Waals surface area contributed by atoms with Gasteiger partial charge in [-0.05, 0) is 49.4 Å². The fraction of sp³-hybridized carbons (Fsp3) is 0.273. The molecule has 4 rings (SSSR count). The molecule has 0 saturated heterocycles. The van der Waals surface area contributed by atoms with E-state index in [1.807, 2.05) is 18.3 Å². The summed E-state index contributed by atoms with van der Waals surface area (Å²) in [6, 6.07) is 9.12. The molecular weight excluding hydrogens is 396 g/mol. The number of fused-ring (bicyclic) bond motifs is 1. The normalized spacial score (nSPS) is 14.2. The van der Waals surface area contributed by atoms with Gasteiger partial charge < -0.3 is 22.1 Å². The Kier molecular flexibility index (Phi) is 5.33. The lowest BCUT2D eigenvalue weighted by Gasteiger charge is -2.17. The number of amides is 3. The predicted molar refractivity (Wildman–Crippen MR) is 116 cm³/mol. The second-order valence-corrected chi connectivity index (χ2v) is 7.86. The minimum atomic E-state index is -0.611. The average molecular weight is 420 g/mol. The van der Waals surface area contributed by atoms with Crippen LogP contribution in [0.3, 0.4) is 0 Å². The number of nitrogens with one attached hydrogen (secondary N) is 2. The molecule has 1 saturated carbocycles. The van der Waals surface area contributed by atoms with Crippen LogP contribution in [0.25, 0.3) is 16.6 Å². The molecule has 1 fully saturated rings. The van der Waals surface area contributed by atoms with Crippen LogP contribution in [0.1, 0.15) is 40.5 Å². The minimum Gasteiger partial charge on any atom is -0.380 e. The first-order valence-electron chi connectivity index (χ1n) is 10.1. The summed E-state index contributed by atoms with van der Waals surface area (Å²) in [5.41, 5.74) is 14.4. The highest BCUT2D eigenvalue weighted by atomic mass is 16.2. The summed E-state index contributed by atoms with van der Waals surface area (Å²) < 4.78 is 1.68. The summed E-state index contributed by atoms with van der Waals surface area (Å²) in [5.74, 6) is -0.963. The third-order valence-corrected chi connectivity index (χ3v) is 5.48. The van der Waals surface area contributed by atoms with E-state index < -0.39 is 11.8 Å². The molecule has 2 aromatic heterocycles. The first-order valence-corrected chi connectivity index (χ1v) is 10.1. The number of anilines is 1. The van der Waals surface area contributed by atoms with Gasteiger partial charge in [0.15, 0.2) is 0 Å². The van der Waals surface area contributed by atoms with E-state index in [0.29, 0.717) is 22.7 Å². The van der Waals surface area contributed by atoms with Crippen LogP contribution in [0.5, 0.6) is 0 Å². The van der Waals surface area contributed by atoms with Crippen LogP contribution >= 0.6 is 0 Å². The van der Waals surface area contributed by atoms with Gasteiger partial charge >= 0.3 is 0 Å². The zero-order chi connectivity index (χ0) is 22.1. The molecule has 0 spiro atoms. The van der Waals surface area contributed by atoms with Crippen molar-refractivity contribution in [3.8, 4) is 11.1 Å². The number of benzene rings is 1. The van der Waals surface area contributed by atoms with Crippen LogP contribution < -0.4 is 22.1 Å². The third kappa shape index (κ3) is 4.35. The third-order valence-electron chi connectivity index (χ3n) is 5.48. The lowest BCUT2D eigenvalue weighted by molar-refractivity contribution is -0.117. The summed E-state index contributed by atoms with van der Waals surface area (Å²) >= 11 is 0. The summed E-state index contributed by atoms with van der Waals surface area (Å²) in [7, 11) is 0. The van der Waals surface area contributed by atoms with Crippen LogP contribution in [-0.4, -0.2) is 39.9 Å². The largest absolute Gasteiger partial charge is 0.380 e. The molecule has 1 atom stereocenters. The molecular formula is C22H24N6O3. The monoisotopic (exact) mass is 420 g/mol. The molecule has 0 radical (unpaired) electrons. The van der Waals surface area contributed by atoms with Crippen molar-refractivity contribution in [1.82, 2.24) is 14.9 Å². The number of rotatable bonds is 8. The van der Waals surface area contributed by atoms with E-state index in [0.717, 1.165) is 29.5 Å². The number of hydrogen-bond donors (Lipinski definition) is 4. The number of hydrogen-bond acceptors (Lipinski definition) is 5. The second-order valence-electron chi connectivity index (χ2n) is 7.86. The van der Waals surface area contributed by atoms with Gasteiger partial charge in [-0.1, -0.05) is 12.1 Å². The first kappa shape index (κ1) is 20.4. The van der Waals surface area contributed by atoms with Crippen LogP contribution in [-0.2, 0) is 4.79 Å². The molecule has 9 heteroatoms. The maximum atomic E-state index is 12.3. The number of carbonyl (C=O) groups excluding carboxylic acids is 3. The summed E-state index contributed by atoms with van der Waals surface area (Å²) in [6.45, 7) is 1.87. The molecule has 160 valence electrons. The van der Waals surface area contributed by atoms with Crippen molar-refractivity contribution in [3.63, 3.8) is 0 Å². The number of nitrogens with zero attached hydrogens (tertiary/aromatic N) is 2. The SMILES string of the molecule is CC(Nc1c(C(N)=O)cnn2cc(-c3cccc(C(=O)NCC(N)=O)c3)cc12)C1CC1. The second kappa shape index (κ2) is 8.10. The molecule has 0 aliphatic heterocycles. The zero-order valence-corrected chi connectivity index (χ0v) is 17.1. The van der Waals surface area contributed by atoms with Gasteiger partial charge in [-0.25, -0.2) is 4.52 Å². The maximum absolute atomic E-state index is 12.3. The molecule has 1 aliphatic carbocycles. The molecule has 0 bridgehead atoms. The fourth-order valence-electron chi connectivity index (χ4n) is 3.60. The van der Waals surface area contributed by atoms with Gasteiger partial charge in [-0.3, -0.25) is 14.4 Å². The van der Waals surface area contributed by atoms with Crippen LogP contribution in [0.2, 0.25) is 0 Å². The van der Waals surface area contributed by atoms with Crippen LogP contribution in [0.4, 0.5) is 5.69 Å². The van der Waals surface area contributed by atoms with E-state index in [2.05, 4.69) is 22.7 Å². The predicted octanol–water partition coefficient (Wildman–Crippen LogP) is 1.53. The fourth-order valence-corrected chi connectivity index (χ4v) is 3.60. The molecule has 1 unspecified atom stereocenters. The van der Waals surface area contributed by atoms with Gasteiger partial charge in [-0.2, -0.15) is 5.10 Å². The van der Waals surface area contributed by atoms with Crippen LogP contribution in [0, 0.1) is 5.92 Å². The number of nitrogens with two attached hydrogens (primary N) is 2. The molecule has 31 heavy (non-hydrogen) atoms. The quantitative estimate of drug-likeness (QED) is 0.437. The van der Waals surface area contributed by atoms with Gasteiger partial charge in [0.05, 0.1) is 29.5 Å². The van der Waals surface area contributed by atoms with E-state index in [-0.39, 0.29) is 18.5 Å². The molecule has 2 heterocycles. The highest BCUT2D eigenvalue weighted by Gasteiger charge is 2.29. The Balaban J connectivity index is 1.71. The topological polar surface area (TPSA) is 145 Å². The Morgan fingerprint density at radius 2 is 1.97 bits per heavy atom. The van der Waals surface area contributed by atoms with E-state index in [4.69, 9.17) is 11.5 Å². The van der Waals surface area contributed by atoms with Crippen molar-refractivity contribution in [3.05, 3.63) is 53.9 Å². The Labute approximate surface area is 178 Å². The van der Waals surface area contributed by atoms with Gasteiger partial charge in [0.25, 0.3) is 11.8 Å². The van der Waals surface area contributed by atoms with Crippen molar-refractivity contribution in [2.75, 3.05) is 11.9 Å². The highest BCUT2D eigenvalue weighted by molar-refractivity contribution is 6.02. The Morgan fingerprint density at radius 1 is 1.19 bits per heavy atom. The zero-order valence-electron chi connectivity index (χ0n) is 17.1. The van der Waals surface area contributed by atoms with Crippen molar-refractivity contribution in [1.29, 1.82) is 0 Å². The van der Waals surface area contributed by atoms with E-state index >= 15 is 0 Å². The van der Waals surface area contributed by atoms with Crippen molar-refractivity contribution in [2.24, 2.45) is 17.4 Å². The van der Waals surface area contributed by atoms with Gasteiger partial charge in [0.2, 0.25) is 5.91 Å². The molecule has 3 aromatic rings. The number of aromatic nitrogens is 2. The lowest BCUT2D eigenvalue weighted by Crippen LogP contribution is -2.33. The van der Waals surface area contributed by atoms with E-state index in [1.54, 1.807) is 22.7 Å². The summed E-state index contributed by atoms with van der Waals surface area (Å²) in [6.07, 6.45) is 5.62. The Morgan fingerprint density at radius 3 is 2.65 bits per heavy atom. The molecule has 1 aromatic carbocycles. The molecule has 6 N–H and O–H groups in total. The molecule has 9 nitrogen and oxygen atoms in total. The van der Waals surface area contributed by atoms with Gasteiger partial charge in [0, 0.05) is 23.4 Å². The van der Waals surface area contributed by atoms with Crippen LogP contribution in [0.15, 0.2) is 42.7 Å². The van der Waals surface area contributed by atoms with Gasteiger partial charge in [0.1, 0.15) is 0 Å². The molecule has 1 aliphatic rings. The lowest BCUT2D eigenvalue weighted by atomic mass is 10.0. The minimum absolute atomic E-state index is 0.208. The van der Waals surface area contributed by atoms with E-state index in [1.165, 1.54) is 6.20 Å². The smallest absolute Gasteiger partial charge is 0.252 e. The maximum Gasteiger partial charge on any atom is 0.252 e. The van der Waals surface area contributed by atoms with Crippen molar-refractivity contribution in [2.45, 2.75) is 25.8 Å². The first-order chi connectivity index (χ1) is 14.8. The Hall–Kier alpha value is -3.88. The average Bonchev–Trinajstić information content (AvgIpc) is 3.50. The van der Waals surface area contributed by atoms with E-state index in [9.17, 15) is 14.4 Å². The van der Waals surface area contributed by atoms with Crippen molar-refractivity contribution >= 4 is 28.9 Å². The van der Waals surface area contributed by atoms with Crippen molar-refractivity contribution < 1.29 is 14.4 Å². The number of carbonyl (C=O) groups is 3. The summed E-state index contributed by atoms with van der Waals surface area (Å²) in [4.78, 5) is 35.2. The number of primary amides is 2. The highest BCUT2D eigenvalue weighted by Crippen LogP contribution is 2.36. The molecule has 3 amide bonds. The standard InChI is InChI=1S/C22H24N6O3/c1-12(13-5-6-13)27-20-17(21(24)30)9-26-28-11-16(8-18(20)28)14-3-2-4-15(7-14)22(31)25-10-19(23)29/h2-4,7-9,11-13,27H,5-6,10H2,1H3,(H2,23,29)(H2,24,30)(H,25,31).